The Kier molecular flexibility index (Phi) is 13.0. The molecule has 0 fully saturated rings. The number of methoxy groups -OCH3 is 2. The maximum atomic E-state index is 14.0. The van der Waals surface area contributed by atoms with E-state index in [4.69, 9.17) is 28.9 Å². The summed E-state index contributed by atoms with van der Waals surface area (Å²) in [6.07, 6.45) is 14.5. The van der Waals surface area contributed by atoms with Crippen LogP contribution in [0.4, 0.5) is 11.4 Å². The van der Waals surface area contributed by atoms with Crippen molar-refractivity contribution in [3.63, 3.8) is 0 Å². The third-order valence-corrected chi connectivity index (χ3v) is 12.6. The average molecular weight is 902 g/mol. The summed E-state index contributed by atoms with van der Waals surface area (Å²) >= 11 is 0. The lowest BCUT2D eigenvalue weighted by atomic mass is 9.97. The predicted octanol–water partition coefficient (Wildman–Crippen LogP) is 8.40. The lowest BCUT2D eigenvalue weighted by molar-refractivity contribution is -0.136. The number of imide groups is 1. The molecular weight excluding hydrogens is 851 g/mol. The summed E-state index contributed by atoms with van der Waals surface area (Å²) in [5.74, 6) is 1.54. The number of hydrogen-bond acceptors (Lipinski definition) is 11. The van der Waals surface area contributed by atoms with Crippen LogP contribution in [0.25, 0.3) is 11.1 Å². The van der Waals surface area contributed by atoms with E-state index < -0.39 is 0 Å². The van der Waals surface area contributed by atoms with Gasteiger partial charge in [0.25, 0.3) is 23.6 Å². The Balaban J connectivity index is 0.770. The summed E-state index contributed by atoms with van der Waals surface area (Å²) in [4.78, 5) is 78.3. The van der Waals surface area contributed by atoms with Gasteiger partial charge in [0.2, 0.25) is 0 Å². The smallest absolute Gasteiger partial charge is 0.260 e. The Bertz CT molecular complexity index is 2790. The minimum absolute atomic E-state index is 0.104. The molecular formula is C53H51N5O9. The molecule has 5 aliphatic heterocycles. The third-order valence-electron chi connectivity index (χ3n) is 12.6. The first-order valence-electron chi connectivity index (χ1n) is 22.6. The van der Waals surface area contributed by atoms with Gasteiger partial charge in [0, 0.05) is 87.8 Å². The molecule has 14 heteroatoms. The molecule has 5 heterocycles. The van der Waals surface area contributed by atoms with Crippen LogP contribution in [0.1, 0.15) is 87.9 Å². The van der Waals surface area contributed by atoms with Crippen molar-refractivity contribution < 1.29 is 42.9 Å². The minimum atomic E-state index is -0.290. The number of carbonyl (C=O) groups excluding carboxylic acids is 5. The van der Waals surface area contributed by atoms with Crippen molar-refractivity contribution in [2.24, 2.45) is 9.98 Å². The highest BCUT2D eigenvalue weighted by Gasteiger charge is 2.35. The molecule has 0 unspecified atom stereocenters. The quantitative estimate of drug-likeness (QED) is 0.0707. The van der Waals surface area contributed by atoms with Gasteiger partial charge in [-0.05, 0) is 77.4 Å². The molecule has 0 saturated heterocycles. The number of hydrogen-bond donors (Lipinski definition) is 0. The normalized spacial score (nSPS) is 18.0. The summed E-state index contributed by atoms with van der Waals surface area (Å²) in [7, 11) is 3.17. The number of aliphatic imine (C=N–C) groups is 2. The van der Waals surface area contributed by atoms with E-state index in [1.54, 1.807) is 35.3 Å². The van der Waals surface area contributed by atoms with Crippen LogP contribution in [0.2, 0.25) is 0 Å². The molecule has 0 radical (unpaired) electrons. The molecule has 5 aliphatic rings. The van der Waals surface area contributed by atoms with E-state index >= 15 is 0 Å². The molecule has 4 aromatic rings. The number of Topliss-reactive ketones (excluding diaryl/α,β-unsaturated/α-hetero) is 1. The Morgan fingerprint density at radius 1 is 0.657 bits per heavy atom. The Labute approximate surface area is 388 Å². The highest BCUT2D eigenvalue weighted by atomic mass is 16.5. The fourth-order valence-corrected chi connectivity index (χ4v) is 9.00. The number of unbranched alkanes of at least 4 members (excludes halogenated alkanes) is 2. The number of ether oxygens (including phenoxy) is 4. The van der Waals surface area contributed by atoms with Gasteiger partial charge in [0.1, 0.15) is 17.3 Å². The molecule has 67 heavy (non-hydrogen) atoms. The Hall–Kier alpha value is -7.61. The van der Waals surface area contributed by atoms with E-state index in [1.807, 2.05) is 86.2 Å². The van der Waals surface area contributed by atoms with E-state index in [0.717, 1.165) is 45.6 Å². The highest BCUT2D eigenvalue weighted by molar-refractivity contribution is 6.13. The number of carbonyl (C=O) groups is 5. The van der Waals surface area contributed by atoms with Crippen LogP contribution < -0.4 is 18.9 Å². The van der Waals surface area contributed by atoms with Gasteiger partial charge in [-0.2, -0.15) is 0 Å². The van der Waals surface area contributed by atoms with Crippen molar-refractivity contribution in [3.8, 4) is 23.0 Å². The number of amides is 4. The van der Waals surface area contributed by atoms with Crippen molar-refractivity contribution >= 4 is 64.4 Å². The lowest BCUT2D eigenvalue weighted by Crippen LogP contribution is -2.32. The summed E-state index contributed by atoms with van der Waals surface area (Å²) in [5, 5.41) is 0. The molecule has 0 N–H and O–H groups in total. The van der Waals surface area contributed by atoms with E-state index in [1.165, 1.54) is 24.2 Å². The number of benzene rings is 4. The second kappa shape index (κ2) is 19.5. The first-order valence-corrected chi connectivity index (χ1v) is 22.6. The lowest BCUT2D eigenvalue weighted by Gasteiger charge is -2.19. The van der Waals surface area contributed by atoms with Crippen molar-refractivity contribution in [1.82, 2.24) is 14.7 Å². The van der Waals surface area contributed by atoms with Gasteiger partial charge >= 0.3 is 0 Å². The van der Waals surface area contributed by atoms with Crippen molar-refractivity contribution in [2.45, 2.75) is 70.4 Å². The van der Waals surface area contributed by atoms with Crippen LogP contribution >= 0.6 is 0 Å². The second-order valence-corrected chi connectivity index (χ2v) is 17.2. The number of nitrogens with zero attached hydrogens (tertiary/aromatic N) is 5. The van der Waals surface area contributed by atoms with Gasteiger partial charge in [0.05, 0.1) is 62.0 Å². The third kappa shape index (κ3) is 9.56. The van der Waals surface area contributed by atoms with Crippen LogP contribution in [0.3, 0.4) is 0 Å². The van der Waals surface area contributed by atoms with Crippen LogP contribution in [0.15, 0.2) is 107 Å². The molecule has 4 aromatic carbocycles. The minimum Gasteiger partial charge on any atom is -0.497 e. The zero-order valence-electron chi connectivity index (χ0n) is 37.7. The maximum Gasteiger partial charge on any atom is 0.260 e. The van der Waals surface area contributed by atoms with Crippen LogP contribution in [-0.4, -0.2) is 103 Å². The van der Waals surface area contributed by atoms with E-state index in [2.05, 4.69) is 0 Å². The van der Waals surface area contributed by atoms with Gasteiger partial charge in [-0.1, -0.05) is 42.8 Å². The van der Waals surface area contributed by atoms with Gasteiger partial charge in [-0.25, -0.2) is 0 Å². The summed E-state index contributed by atoms with van der Waals surface area (Å²) in [5.41, 5.74) is 7.71. The molecule has 342 valence electrons. The number of aryl methyl sites for hydroxylation is 1. The molecule has 2 atom stereocenters. The van der Waals surface area contributed by atoms with E-state index in [0.29, 0.717) is 104 Å². The zero-order chi connectivity index (χ0) is 46.6. The fraction of sp³-hybridized carbons (Fsp3) is 0.302. The topological polar surface area (TPSA) is 157 Å². The van der Waals surface area contributed by atoms with Crippen molar-refractivity contribution in [1.29, 1.82) is 0 Å². The second-order valence-electron chi connectivity index (χ2n) is 17.2. The standard InChI is InChI=1S/C53H51N5O9/c1-33-21-43-45(54-29-39-24-37(31-57(39)52(43)62)35-12-14-42(64-2)15-13-35)27-47(33)66-19-8-20-67-49-28-46-44(26-48(49)65-3)53(63)58-32-38(25-40(58)30-55-46)36-10-7-9-34(22-36)23-41(59)11-5-4-6-18-56-50(60)16-17-51(56)61/h7,9-10,12-17,21-22,26-32,39-40H,4-6,8,11,18-20,23-25H2,1-3H3/t39-,40-/m0/s1. The van der Waals surface area contributed by atoms with Gasteiger partial charge in [-0.15, -0.1) is 0 Å². The summed E-state index contributed by atoms with van der Waals surface area (Å²) < 4.78 is 23.3. The molecule has 9 rings (SSSR count). The summed E-state index contributed by atoms with van der Waals surface area (Å²) in [6, 6.07) is 22.3. The molecule has 0 spiro atoms. The monoisotopic (exact) mass is 901 g/mol. The largest absolute Gasteiger partial charge is 0.497 e. The SMILES string of the molecule is COc1ccc(C2=CN3C(=O)c4cc(C)c(OCCCOc5cc6c(cc5OC)C(=O)N5C=C(c7cccc(CC(=O)CCCCCN8C(=O)C=CC8=O)c7)C[C@H]5C=N6)cc4N=C[C@@H]3C2)cc1. The van der Waals surface area contributed by atoms with Crippen LogP contribution in [-0.2, 0) is 20.8 Å². The van der Waals surface area contributed by atoms with Crippen LogP contribution in [0.5, 0.6) is 23.0 Å². The number of rotatable bonds is 18. The van der Waals surface area contributed by atoms with Crippen molar-refractivity contribution in [2.75, 3.05) is 34.0 Å². The van der Waals surface area contributed by atoms with E-state index in [9.17, 15) is 24.0 Å². The van der Waals surface area contributed by atoms with Gasteiger partial charge in [0.15, 0.2) is 11.5 Å². The molecule has 0 bridgehead atoms. The van der Waals surface area contributed by atoms with E-state index in [-0.39, 0.29) is 41.5 Å². The number of ketones is 1. The first kappa shape index (κ1) is 44.6. The van der Waals surface area contributed by atoms with Gasteiger partial charge < -0.3 is 28.7 Å². The fourth-order valence-electron chi connectivity index (χ4n) is 9.00. The molecule has 0 aromatic heterocycles. The van der Waals surface area contributed by atoms with Crippen LogP contribution in [0, 0.1) is 6.92 Å². The number of fused-ring (bicyclic) bond motifs is 4. The molecule has 14 nitrogen and oxygen atoms in total. The Morgan fingerprint density at radius 3 is 1.94 bits per heavy atom. The molecule has 4 amide bonds. The predicted molar refractivity (Wildman–Crippen MR) is 254 cm³/mol. The molecule has 0 saturated carbocycles. The zero-order valence-corrected chi connectivity index (χ0v) is 37.7. The average Bonchev–Trinajstić information content (AvgIpc) is 4.02. The molecule has 0 aliphatic carbocycles. The van der Waals surface area contributed by atoms with Gasteiger partial charge in [-0.3, -0.25) is 38.9 Å². The van der Waals surface area contributed by atoms with Crippen molar-refractivity contribution in [3.05, 3.63) is 131 Å². The Morgan fingerprint density at radius 2 is 1.28 bits per heavy atom. The first-order chi connectivity index (χ1) is 32.6. The highest BCUT2D eigenvalue weighted by Crippen LogP contribution is 2.41. The maximum absolute atomic E-state index is 14.0. The summed E-state index contributed by atoms with van der Waals surface area (Å²) in [6.45, 7) is 2.94.